The molecule has 0 bridgehead atoms. The zero-order valence-corrected chi connectivity index (χ0v) is 8.71. The largest absolute Gasteiger partial charge is 0.505 e. The van der Waals surface area contributed by atoms with Crippen LogP contribution in [0.1, 0.15) is 17.3 Å². The van der Waals surface area contributed by atoms with E-state index in [-0.39, 0.29) is 27.6 Å². The second-order valence-corrected chi connectivity index (χ2v) is 4.10. The van der Waals surface area contributed by atoms with Crippen molar-refractivity contribution in [2.45, 2.75) is 11.8 Å². The average molecular weight is 244 g/mol. The van der Waals surface area contributed by atoms with Crippen LogP contribution >= 0.6 is 15.9 Å². The number of phenolic OH excluding ortho intramolecular Hbond substituents is 1. The average Bonchev–Trinajstić information content (AvgIpc) is 2.08. The number of hydrogen-bond acceptors (Lipinski definition) is 3. The number of Topliss-reactive ketones (excluding diaryl/α,β-unsaturated/α-hetero) is 1. The Morgan fingerprint density at radius 3 is 2.77 bits per heavy atom. The molecule has 0 amide bonds. The molecular formula is C9H10BrNO2. The molecule has 0 aliphatic heterocycles. The topological polar surface area (TPSA) is 63.3 Å². The molecule has 1 aromatic carbocycles. The molecule has 1 atom stereocenters. The van der Waals surface area contributed by atoms with Gasteiger partial charge < -0.3 is 10.8 Å². The van der Waals surface area contributed by atoms with Crippen molar-refractivity contribution in [2.75, 3.05) is 5.73 Å². The number of aromatic hydroxyl groups is 1. The molecule has 0 fully saturated rings. The molecule has 70 valence electrons. The molecule has 0 saturated heterocycles. The molecule has 1 unspecified atom stereocenters. The maximum absolute atomic E-state index is 11.5. The monoisotopic (exact) mass is 243 g/mol. The highest BCUT2D eigenvalue weighted by Gasteiger charge is 2.16. The summed E-state index contributed by atoms with van der Waals surface area (Å²) in [6, 6.07) is 4.73. The van der Waals surface area contributed by atoms with Crippen LogP contribution in [0.2, 0.25) is 0 Å². The van der Waals surface area contributed by atoms with Gasteiger partial charge in [0.25, 0.3) is 0 Å². The molecule has 0 heterocycles. The molecule has 1 rings (SSSR count). The Morgan fingerprint density at radius 2 is 2.23 bits per heavy atom. The van der Waals surface area contributed by atoms with E-state index >= 15 is 0 Å². The van der Waals surface area contributed by atoms with Crippen molar-refractivity contribution in [3.63, 3.8) is 0 Å². The number of anilines is 1. The molecule has 0 saturated carbocycles. The zero-order chi connectivity index (χ0) is 10.0. The number of alkyl halides is 1. The number of para-hydroxylation sites is 1. The molecule has 4 heteroatoms. The van der Waals surface area contributed by atoms with E-state index < -0.39 is 0 Å². The maximum Gasteiger partial charge on any atom is 0.179 e. The summed E-state index contributed by atoms with van der Waals surface area (Å²) < 4.78 is 0. The molecule has 3 nitrogen and oxygen atoms in total. The van der Waals surface area contributed by atoms with Crippen LogP contribution in [0.3, 0.4) is 0 Å². The number of carbonyl (C=O) groups excluding carboxylic acids is 1. The zero-order valence-electron chi connectivity index (χ0n) is 7.12. The smallest absolute Gasteiger partial charge is 0.179 e. The summed E-state index contributed by atoms with van der Waals surface area (Å²) in [6.07, 6.45) is 0. The summed E-state index contributed by atoms with van der Waals surface area (Å²) in [5.41, 5.74) is 5.92. The Labute approximate surface area is 84.7 Å². The van der Waals surface area contributed by atoms with Crippen LogP contribution in [0.25, 0.3) is 0 Å². The number of rotatable bonds is 2. The number of phenols is 1. The van der Waals surface area contributed by atoms with E-state index in [2.05, 4.69) is 15.9 Å². The first kappa shape index (κ1) is 10.1. The van der Waals surface area contributed by atoms with Gasteiger partial charge in [-0.25, -0.2) is 0 Å². The third-order valence-electron chi connectivity index (χ3n) is 1.69. The van der Waals surface area contributed by atoms with Crippen LogP contribution in [-0.2, 0) is 0 Å². The van der Waals surface area contributed by atoms with Crippen molar-refractivity contribution in [2.24, 2.45) is 0 Å². The highest BCUT2D eigenvalue weighted by atomic mass is 79.9. The normalized spacial score (nSPS) is 12.5. The van der Waals surface area contributed by atoms with Gasteiger partial charge in [0.05, 0.1) is 16.1 Å². The Hall–Kier alpha value is -1.03. The summed E-state index contributed by atoms with van der Waals surface area (Å²) >= 11 is 3.13. The van der Waals surface area contributed by atoms with Crippen LogP contribution in [0.15, 0.2) is 18.2 Å². The Morgan fingerprint density at radius 1 is 1.62 bits per heavy atom. The van der Waals surface area contributed by atoms with Gasteiger partial charge >= 0.3 is 0 Å². The molecule has 1 aromatic rings. The standard InChI is InChI=1S/C9H10BrNO2/c1-5(10)8(12)6-3-2-4-7(11)9(6)13/h2-5,13H,11H2,1H3. The Bertz CT molecular complexity index is 336. The molecule has 0 aliphatic carbocycles. The van der Waals surface area contributed by atoms with Gasteiger partial charge in [0.15, 0.2) is 5.78 Å². The SMILES string of the molecule is CC(Br)C(=O)c1cccc(N)c1O. The summed E-state index contributed by atoms with van der Waals surface area (Å²) in [6.45, 7) is 1.70. The van der Waals surface area contributed by atoms with Gasteiger partial charge in [-0.3, -0.25) is 4.79 Å². The number of benzene rings is 1. The van der Waals surface area contributed by atoms with Gasteiger partial charge in [-0.05, 0) is 19.1 Å². The number of nitrogens with two attached hydrogens (primary N) is 1. The van der Waals surface area contributed by atoms with Crippen molar-refractivity contribution in [1.29, 1.82) is 0 Å². The highest BCUT2D eigenvalue weighted by Crippen LogP contribution is 2.26. The lowest BCUT2D eigenvalue weighted by molar-refractivity contribution is 0.0993. The second kappa shape index (κ2) is 3.79. The van der Waals surface area contributed by atoms with Crippen LogP contribution in [-0.4, -0.2) is 15.7 Å². The van der Waals surface area contributed by atoms with Crippen LogP contribution in [0.4, 0.5) is 5.69 Å². The first-order valence-corrected chi connectivity index (χ1v) is 4.71. The fourth-order valence-electron chi connectivity index (χ4n) is 0.974. The van der Waals surface area contributed by atoms with Gasteiger partial charge in [0, 0.05) is 0 Å². The Balaban J connectivity index is 3.15. The van der Waals surface area contributed by atoms with Gasteiger partial charge in [-0.1, -0.05) is 22.0 Å². The van der Waals surface area contributed by atoms with E-state index in [4.69, 9.17) is 5.73 Å². The molecule has 0 aromatic heterocycles. The number of nitrogen functional groups attached to an aromatic ring is 1. The quantitative estimate of drug-likeness (QED) is 0.361. The van der Waals surface area contributed by atoms with E-state index in [0.29, 0.717) is 0 Å². The van der Waals surface area contributed by atoms with Crippen LogP contribution < -0.4 is 5.73 Å². The molecule has 13 heavy (non-hydrogen) atoms. The van der Waals surface area contributed by atoms with Crippen molar-refractivity contribution >= 4 is 27.4 Å². The first-order valence-electron chi connectivity index (χ1n) is 3.79. The highest BCUT2D eigenvalue weighted by molar-refractivity contribution is 9.10. The molecule has 0 aliphatic rings. The first-order chi connectivity index (χ1) is 6.04. The predicted molar refractivity (Wildman–Crippen MR) is 55.2 cm³/mol. The van der Waals surface area contributed by atoms with Crippen molar-refractivity contribution < 1.29 is 9.90 Å². The fraction of sp³-hybridized carbons (Fsp3) is 0.222. The summed E-state index contributed by atoms with van der Waals surface area (Å²) in [5.74, 6) is -0.316. The number of hydrogen-bond donors (Lipinski definition) is 2. The van der Waals surface area contributed by atoms with Crippen LogP contribution in [0.5, 0.6) is 5.75 Å². The minimum Gasteiger partial charge on any atom is -0.505 e. The molecular weight excluding hydrogens is 234 g/mol. The van der Waals surface area contributed by atoms with Crippen LogP contribution in [0, 0.1) is 0 Å². The minimum absolute atomic E-state index is 0.140. The lowest BCUT2D eigenvalue weighted by atomic mass is 10.1. The molecule has 0 spiro atoms. The van der Waals surface area contributed by atoms with Gasteiger partial charge in [-0.2, -0.15) is 0 Å². The number of carbonyl (C=O) groups is 1. The summed E-state index contributed by atoms with van der Waals surface area (Å²) in [5, 5.41) is 9.45. The third-order valence-corrected chi connectivity index (χ3v) is 2.11. The lowest BCUT2D eigenvalue weighted by Gasteiger charge is -2.06. The van der Waals surface area contributed by atoms with Crippen molar-refractivity contribution in [3.8, 4) is 5.75 Å². The molecule has 3 N–H and O–H groups in total. The summed E-state index contributed by atoms with van der Waals surface area (Å²) in [4.78, 5) is 11.1. The molecule has 0 radical (unpaired) electrons. The Kier molecular flexibility index (Phi) is 2.93. The van der Waals surface area contributed by atoms with E-state index in [1.807, 2.05) is 0 Å². The van der Waals surface area contributed by atoms with Gasteiger partial charge in [0.2, 0.25) is 0 Å². The minimum atomic E-state index is -0.319. The fourth-order valence-corrected chi connectivity index (χ4v) is 1.22. The van der Waals surface area contributed by atoms with E-state index in [1.54, 1.807) is 25.1 Å². The maximum atomic E-state index is 11.5. The second-order valence-electron chi connectivity index (χ2n) is 2.72. The van der Waals surface area contributed by atoms with Crippen molar-refractivity contribution in [1.82, 2.24) is 0 Å². The van der Waals surface area contributed by atoms with E-state index in [9.17, 15) is 9.90 Å². The predicted octanol–water partition coefficient (Wildman–Crippen LogP) is 1.94. The summed E-state index contributed by atoms with van der Waals surface area (Å²) in [7, 11) is 0. The number of halogens is 1. The van der Waals surface area contributed by atoms with Gasteiger partial charge in [0.1, 0.15) is 5.75 Å². The number of ketones is 1. The van der Waals surface area contributed by atoms with E-state index in [0.717, 1.165) is 0 Å². The van der Waals surface area contributed by atoms with Crippen molar-refractivity contribution in [3.05, 3.63) is 23.8 Å². The van der Waals surface area contributed by atoms with E-state index in [1.165, 1.54) is 0 Å². The lowest BCUT2D eigenvalue weighted by Crippen LogP contribution is -2.10. The van der Waals surface area contributed by atoms with Gasteiger partial charge in [-0.15, -0.1) is 0 Å². The third kappa shape index (κ3) is 2.01.